The van der Waals surface area contributed by atoms with Crippen LogP contribution in [0, 0.1) is 22.7 Å². The molecule has 0 amide bonds. The lowest BCUT2D eigenvalue weighted by atomic mass is 9.78. The van der Waals surface area contributed by atoms with Crippen molar-refractivity contribution in [3.63, 3.8) is 0 Å². The number of benzene rings is 2. The van der Waals surface area contributed by atoms with Gasteiger partial charge in [0.2, 0.25) is 0 Å². The highest BCUT2D eigenvalue weighted by atomic mass is 16.4. The van der Waals surface area contributed by atoms with E-state index in [0.29, 0.717) is 23.6 Å². The van der Waals surface area contributed by atoms with Crippen LogP contribution in [0.4, 0.5) is 0 Å². The molecule has 1 aliphatic carbocycles. The highest BCUT2D eigenvalue weighted by Crippen LogP contribution is 2.39. The Bertz CT molecular complexity index is 1290. The molecule has 0 saturated heterocycles. The summed E-state index contributed by atoms with van der Waals surface area (Å²) in [6.45, 7) is 8.21. The maximum atomic E-state index is 13.8. The van der Waals surface area contributed by atoms with Crippen LogP contribution in [0.2, 0.25) is 0 Å². The van der Waals surface area contributed by atoms with Crippen LogP contribution >= 0.6 is 0 Å². The summed E-state index contributed by atoms with van der Waals surface area (Å²) in [5, 5.41) is 20.0. The van der Waals surface area contributed by atoms with Crippen LogP contribution < -0.4 is 0 Å². The number of carboxylic acids is 1. The average Bonchev–Trinajstić information content (AvgIpc) is 3.04. The van der Waals surface area contributed by atoms with E-state index in [1.807, 2.05) is 12.1 Å². The molecule has 2 aromatic carbocycles. The van der Waals surface area contributed by atoms with Gasteiger partial charge in [0.15, 0.2) is 5.78 Å². The molecule has 0 atom stereocenters. The number of aliphatic carboxylic acids is 1. The molecule has 176 valence electrons. The zero-order valence-corrected chi connectivity index (χ0v) is 20.4. The first-order valence-electron chi connectivity index (χ1n) is 12.0. The second kappa shape index (κ2) is 9.10. The fourth-order valence-corrected chi connectivity index (χ4v) is 4.66. The summed E-state index contributed by atoms with van der Waals surface area (Å²) in [7, 11) is 0. The smallest absolute Gasteiger partial charge is 0.309 e. The maximum Gasteiger partial charge on any atom is 0.309 e. The first-order valence-corrected chi connectivity index (χ1v) is 12.0. The average molecular weight is 457 g/mol. The van der Waals surface area contributed by atoms with Gasteiger partial charge in [0.05, 0.1) is 17.0 Å². The Balaban J connectivity index is 1.96. The fourth-order valence-electron chi connectivity index (χ4n) is 4.66. The molecule has 1 heterocycles. The molecule has 3 aromatic rings. The minimum Gasteiger partial charge on any atom is -0.481 e. The summed E-state index contributed by atoms with van der Waals surface area (Å²) in [6, 6.07) is 15.9. The molecule has 0 aliphatic heterocycles. The quantitative estimate of drug-likeness (QED) is 0.402. The SMILES string of the molecule is CC(C)c1ccc2c(c1)c(C(=O)C1CCC1)c(CC(C)(C)C(=O)O)n2Cc1ccc(C#N)cc1. The number of hydrogen-bond acceptors (Lipinski definition) is 3. The molecule has 34 heavy (non-hydrogen) atoms. The number of carbonyl (C=O) groups excluding carboxylic acids is 1. The number of rotatable bonds is 8. The van der Waals surface area contributed by atoms with Crippen molar-refractivity contribution in [1.82, 2.24) is 4.57 Å². The molecular formula is C29H32N2O3. The van der Waals surface area contributed by atoms with Crippen molar-refractivity contribution in [3.05, 3.63) is 70.4 Å². The minimum atomic E-state index is -1.02. The third kappa shape index (κ3) is 4.37. The van der Waals surface area contributed by atoms with Gasteiger partial charge in [0, 0.05) is 41.0 Å². The molecule has 0 radical (unpaired) electrons. The van der Waals surface area contributed by atoms with Crippen molar-refractivity contribution in [2.75, 3.05) is 0 Å². The van der Waals surface area contributed by atoms with E-state index in [9.17, 15) is 14.7 Å². The topological polar surface area (TPSA) is 83.1 Å². The predicted octanol–water partition coefficient (Wildman–Crippen LogP) is 6.32. The van der Waals surface area contributed by atoms with Gasteiger partial charge in [-0.15, -0.1) is 0 Å². The third-order valence-electron chi connectivity index (χ3n) is 7.20. The standard InChI is InChI=1S/C29H32N2O3/c1-18(2)22-12-13-24-23(14-22)26(27(32)21-6-5-7-21)25(15-29(3,4)28(33)34)31(24)17-20-10-8-19(16-30)9-11-20/h8-14,18,21H,5-7,15,17H2,1-4H3,(H,33,34). The van der Waals surface area contributed by atoms with Crippen LogP contribution in [0.25, 0.3) is 10.9 Å². The van der Waals surface area contributed by atoms with Crippen molar-refractivity contribution in [1.29, 1.82) is 5.26 Å². The summed E-state index contributed by atoms with van der Waals surface area (Å²) >= 11 is 0. The molecule has 0 spiro atoms. The fraction of sp³-hybridized carbons (Fsp3) is 0.414. The molecule has 1 N–H and O–H groups in total. The molecule has 4 rings (SSSR count). The van der Waals surface area contributed by atoms with Crippen molar-refractivity contribution in [2.24, 2.45) is 11.3 Å². The van der Waals surface area contributed by atoms with E-state index in [-0.39, 0.29) is 18.1 Å². The van der Waals surface area contributed by atoms with Crippen molar-refractivity contribution >= 4 is 22.7 Å². The van der Waals surface area contributed by atoms with Gasteiger partial charge in [0.25, 0.3) is 0 Å². The minimum absolute atomic E-state index is 0.0170. The number of hydrogen-bond donors (Lipinski definition) is 1. The van der Waals surface area contributed by atoms with Gasteiger partial charge in [-0.25, -0.2) is 0 Å². The largest absolute Gasteiger partial charge is 0.481 e. The molecule has 0 unspecified atom stereocenters. The number of fused-ring (bicyclic) bond motifs is 1. The molecule has 0 bridgehead atoms. The van der Waals surface area contributed by atoms with Crippen molar-refractivity contribution in [2.45, 2.75) is 65.8 Å². The molecule has 1 aromatic heterocycles. The number of carboxylic acid groups (broad SMARTS) is 1. The number of ketones is 1. The molecule has 5 nitrogen and oxygen atoms in total. The predicted molar refractivity (Wildman–Crippen MR) is 133 cm³/mol. The Hall–Kier alpha value is -3.39. The van der Waals surface area contributed by atoms with E-state index < -0.39 is 11.4 Å². The van der Waals surface area contributed by atoms with Crippen molar-refractivity contribution in [3.8, 4) is 6.07 Å². The van der Waals surface area contributed by atoms with Gasteiger partial charge in [-0.05, 0) is 68.0 Å². The van der Waals surface area contributed by atoms with Crippen LogP contribution in [0.3, 0.4) is 0 Å². The molecule has 1 fully saturated rings. The Kier molecular flexibility index (Phi) is 6.36. The lowest BCUT2D eigenvalue weighted by Gasteiger charge is -2.26. The molecule has 1 aliphatic rings. The zero-order chi connectivity index (χ0) is 24.6. The van der Waals surface area contributed by atoms with E-state index in [1.54, 1.807) is 26.0 Å². The number of nitriles is 1. The summed E-state index contributed by atoms with van der Waals surface area (Å²) in [5.41, 5.74) is 4.18. The number of nitrogens with zero attached hydrogens (tertiary/aromatic N) is 2. The van der Waals surface area contributed by atoms with Crippen LogP contribution in [0.1, 0.15) is 85.6 Å². The highest BCUT2D eigenvalue weighted by molar-refractivity contribution is 6.11. The number of carbonyl (C=O) groups is 2. The van der Waals surface area contributed by atoms with E-state index in [1.165, 1.54) is 0 Å². The van der Waals surface area contributed by atoms with Gasteiger partial charge >= 0.3 is 5.97 Å². The first kappa shape index (κ1) is 23.8. The van der Waals surface area contributed by atoms with Gasteiger partial charge in [-0.1, -0.05) is 38.5 Å². The molecular weight excluding hydrogens is 424 g/mol. The molecule has 5 heteroatoms. The summed E-state index contributed by atoms with van der Waals surface area (Å²) in [5.74, 6) is -0.403. The summed E-state index contributed by atoms with van der Waals surface area (Å²) in [6.07, 6.45) is 3.12. The monoisotopic (exact) mass is 456 g/mol. The number of aromatic nitrogens is 1. The molecule has 1 saturated carbocycles. The zero-order valence-electron chi connectivity index (χ0n) is 20.4. The Morgan fingerprint density at radius 3 is 2.35 bits per heavy atom. The second-order valence-corrected chi connectivity index (χ2v) is 10.5. The Morgan fingerprint density at radius 1 is 1.15 bits per heavy atom. The van der Waals surface area contributed by atoms with E-state index in [4.69, 9.17) is 5.26 Å². The maximum absolute atomic E-state index is 13.8. The Labute approximate surface area is 201 Å². The Morgan fingerprint density at radius 2 is 1.82 bits per heavy atom. The second-order valence-electron chi connectivity index (χ2n) is 10.5. The van der Waals surface area contributed by atoms with E-state index in [2.05, 4.69) is 42.7 Å². The van der Waals surface area contributed by atoms with Crippen molar-refractivity contribution < 1.29 is 14.7 Å². The lowest BCUT2D eigenvalue weighted by Crippen LogP contribution is -2.29. The normalized spacial score (nSPS) is 14.2. The van der Waals surface area contributed by atoms with Crippen LogP contribution in [0.5, 0.6) is 0 Å². The van der Waals surface area contributed by atoms with Gasteiger partial charge in [-0.2, -0.15) is 5.26 Å². The van der Waals surface area contributed by atoms with Crippen LogP contribution in [0.15, 0.2) is 42.5 Å². The lowest BCUT2D eigenvalue weighted by molar-refractivity contribution is -0.146. The number of Topliss-reactive ketones (excluding diaryl/α,β-unsaturated/α-hetero) is 1. The van der Waals surface area contributed by atoms with Crippen LogP contribution in [-0.4, -0.2) is 21.4 Å². The van der Waals surface area contributed by atoms with E-state index in [0.717, 1.165) is 47.0 Å². The van der Waals surface area contributed by atoms with Gasteiger partial charge in [0.1, 0.15) is 0 Å². The highest BCUT2D eigenvalue weighted by Gasteiger charge is 2.36. The first-order chi connectivity index (χ1) is 16.1. The summed E-state index contributed by atoms with van der Waals surface area (Å²) in [4.78, 5) is 25.8. The summed E-state index contributed by atoms with van der Waals surface area (Å²) < 4.78 is 2.12. The van der Waals surface area contributed by atoms with Gasteiger partial charge in [-0.3, -0.25) is 9.59 Å². The van der Waals surface area contributed by atoms with Crippen LogP contribution in [-0.2, 0) is 17.8 Å². The van der Waals surface area contributed by atoms with Gasteiger partial charge < -0.3 is 9.67 Å². The third-order valence-corrected chi connectivity index (χ3v) is 7.20. The van der Waals surface area contributed by atoms with E-state index >= 15 is 0 Å².